The number of nitrogens with zero attached hydrogens (tertiary/aromatic N) is 2. The lowest BCUT2D eigenvalue weighted by Crippen LogP contribution is -2.12. The van der Waals surface area contributed by atoms with Crippen LogP contribution in [0.4, 0.5) is 0 Å². The number of carbonyl (C=O) groups is 1. The van der Waals surface area contributed by atoms with Crippen LogP contribution in [0.1, 0.15) is 29.4 Å². The van der Waals surface area contributed by atoms with Crippen molar-refractivity contribution in [3.05, 3.63) is 11.8 Å². The van der Waals surface area contributed by atoms with E-state index in [2.05, 4.69) is 14.9 Å². The molecule has 5 nitrogen and oxygen atoms in total. The normalized spacial score (nSPS) is 17.3. The Bertz CT molecular complexity index is 361. The van der Waals surface area contributed by atoms with Gasteiger partial charge >= 0.3 is 11.9 Å². The van der Waals surface area contributed by atoms with E-state index in [9.17, 15) is 4.79 Å². The number of hydrogen-bond acceptors (Lipinski definition) is 6. The summed E-state index contributed by atoms with van der Waals surface area (Å²) >= 11 is 1.98. The van der Waals surface area contributed by atoms with Crippen molar-refractivity contribution in [1.82, 2.24) is 10.2 Å². The average Bonchev–Trinajstić information content (AvgIpc) is 2.78. The second kappa shape index (κ2) is 5.34. The second-order valence-electron chi connectivity index (χ2n) is 3.75. The lowest BCUT2D eigenvalue weighted by molar-refractivity contribution is 0.0553. The number of thioether (sulfide) groups is 1. The molecule has 2 heterocycles. The Morgan fingerprint density at radius 1 is 1.50 bits per heavy atom. The molecule has 0 bridgehead atoms. The first kappa shape index (κ1) is 11.4. The summed E-state index contributed by atoms with van der Waals surface area (Å²) in [6.45, 7) is 0. The highest BCUT2D eigenvalue weighted by atomic mass is 32.2. The van der Waals surface area contributed by atoms with Crippen molar-refractivity contribution in [1.29, 1.82) is 0 Å². The van der Waals surface area contributed by atoms with E-state index in [1.54, 1.807) is 0 Å². The Balaban J connectivity index is 1.94. The smallest absolute Gasteiger partial charge is 0.396 e. The highest BCUT2D eigenvalue weighted by molar-refractivity contribution is 7.99. The summed E-state index contributed by atoms with van der Waals surface area (Å²) in [7, 11) is 1.30. The molecule has 0 saturated carbocycles. The monoisotopic (exact) mass is 242 g/mol. The van der Waals surface area contributed by atoms with Crippen LogP contribution in [0.5, 0.6) is 0 Å². The Morgan fingerprint density at radius 2 is 2.25 bits per heavy atom. The van der Waals surface area contributed by atoms with Gasteiger partial charge in [0.1, 0.15) is 0 Å². The molecule has 0 N–H and O–H groups in total. The van der Waals surface area contributed by atoms with Crippen LogP contribution in [0.15, 0.2) is 4.42 Å². The molecule has 1 aliphatic heterocycles. The highest BCUT2D eigenvalue weighted by Gasteiger charge is 2.20. The molecule has 1 fully saturated rings. The third-order valence-electron chi connectivity index (χ3n) is 2.63. The first-order valence-electron chi connectivity index (χ1n) is 5.28. The van der Waals surface area contributed by atoms with Crippen molar-refractivity contribution in [2.45, 2.75) is 19.3 Å². The molecule has 1 aliphatic rings. The minimum atomic E-state index is -0.571. The maximum atomic E-state index is 11.1. The zero-order valence-electron chi connectivity index (χ0n) is 9.14. The van der Waals surface area contributed by atoms with Crippen LogP contribution in [0, 0.1) is 5.92 Å². The Morgan fingerprint density at radius 3 is 2.94 bits per heavy atom. The molecular formula is C10H14N2O3S. The van der Waals surface area contributed by atoms with Gasteiger partial charge in [0.25, 0.3) is 0 Å². The van der Waals surface area contributed by atoms with Crippen molar-refractivity contribution in [2.75, 3.05) is 18.6 Å². The second-order valence-corrected chi connectivity index (χ2v) is 4.98. The number of esters is 1. The SMILES string of the molecule is COC(=O)c1nnc(CC2CCSCC2)o1. The lowest BCUT2D eigenvalue weighted by Gasteiger charge is -2.19. The number of hydrogen-bond donors (Lipinski definition) is 0. The summed E-state index contributed by atoms with van der Waals surface area (Å²) in [6, 6.07) is 0. The molecule has 0 aliphatic carbocycles. The fourth-order valence-corrected chi connectivity index (χ4v) is 2.91. The van der Waals surface area contributed by atoms with Gasteiger partial charge < -0.3 is 9.15 Å². The van der Waals surface area contributed by atoms with E-state index in [1.165, 1.54) is 31.5 Å². The zero-order chi connectivity index (χ0) is 11.4. The van der Waals surface area contributed by atoms with E-state index >= 15 is 0 Å². The quantitative estimate of drug-likeness (QED) is 0.749. The fraction of sp³-hybridized carbons (Fsp3) is 0.700. The molecule has 2 rings (SSSR count). The number of methoxy groups -OCH3 is 1. The fourth-order valence-electron chi connectivity index (χ4n) is 1.70. The van der Waals surface area contributed by atoms with Crippen LogP contribution >= 0.6 is 11.8 Å². The molecular weight excluding hydrogens is 228 g/mol. The van der Waals surface area contributed by atoms with E-state index in [-0.39, 0.29) is 5.89 Å². The minimum absolute atomic E-state index is 0.0531. The molecule has 88 valence electrons. The summed E-state index contributed by atoms with van der Waals surface area (Å²) in [5.41, 5.74) is 0. The Labute approximate surface area is 97.9 Å². The van der Waals surface area contributed by atoms with E-state index in [4.69, 9.17) is 4.42 Å². The van der Waals surface area contributed by atoms with Gasteiger partial charge in [0, 0.05) is 6.42 Å². The van der Waals surface area contributed by atoms with Gasteiger partial charge in [0.05, 0.1) is 7.11 Å². The third kappa shape index (κ3) is 2.75. The van der Waals surface area contributed by atoms with Gasteiger partial charge in [-0.1, -0.05) is 0 Å². The molecule has 6 heteroatoms. The molecule has 1 aromatic rings. The van der Waals surface area contributed by atoms with Crippen LogP contribution in [0.3, 0.4) is 0 Å². The van der Waals surface area contributed by atoms with Crippen molar-refractivity contribution < 1.29 is 13.9 Å². The maximum Gasteiger partial charge on any atom is 0.396 e. The number of aromatic nitrogens is 2. The van der Waals surface area contributed by atoms with Crippen LogP contribution < -0.4 is 0 Å². The minimum Gasteiger partial charge on any atom is -0.462 e. The lowest BCUT2D eigenvalue weighted by atomic mass is 9.99. The topological polar surface area (TPSA) is 65.2 Å². The molecule has 0 atom stereocenters. The van der Waals surface area contributed by atoms with Crippen LogP contribution in [-0.2, 0) is 11.2 Å². The van der Waals surface area contributed by atoms with Gasteiger partial charge in [-0.25, -0.2) is 4.79 Å². The third-order valence-corrected chi connectivity index (χ3v) is 3.68. The molecule has 0 radical (unpaired) electrons. The predicted octanol–water partition coefficient (Wildman–Crippen LogP) is 1.54. The first-order chi connectivity index (χ1) is 7.79. The largest absolute Gasteiger partial charge is 0.462 e. The first-order valence-corrected chi connectivity index (χ1v) is 6.43. The van der Waals surface area contributed by atoms with Crippen molar-refractivity contribution in [2.24, 2.45) is 5.92 Å². The highest BCUT2D eigenvalue weighted by Crippen LogP contribution is 2.25. The summed E-state index contributed by atoms with van der Waals surface area (Å²) < 4.78 is 9.74. The number of rotatable bonds is 3. The molecule has 0 amide bonds. The van der Waals surface area contributed by atoms with Crippen molar-refractivity contribution >= 4 is 17.7 Å². The zero-order valence-corrected chi connectivity index (χ0v) is 9.96. The maximum absolute atomic E-state index is 11.1. The summed E-state index contributed by atoms with van der Waals surface area (Å²) in [5, 5.41) is 7.51. The molecule has 0 unspecified atom stereocenters. The number of carbonyl (C=O) groups excluding carboxylic acids is 1. The van der Waals surface area contributed by atoms with Gasteiger partial charge in [-0.15, -0.1) is 10.2 Å². The van der Waals surface area contributed by atoms with Gasteiger partial charge in [-0.05, 0) is 30.3 Å². The van der Waals surface area contributed by atoms with Crippen LogP contribution in [0.25, 0.3) is 0 Å². The molecule has 0 spiro atoms. The standard InChI is InChI=1S/C10H14N2O3S/c1-14-10(13)9-12-11-8(15-9)6-7-2-4-16-5-3-7/h7H,2-6H2,1H3. The van der Waals surface area contributed by atoms with Crippen LogP contribution in [0.2, 0.25) is 0 Å². The molecule has 16 heavy (non-hydrogen) atoms. The van der Waals surface area contributed by atoms with Crippen LogP contribution in [-0.4, -0.2) is 34.8 Å². The van der Waals surface area contributed by atoms with E-state index in [0.717, 1.165) is 6.42 Å². The molecule has 1 saturated heterocycles. The van der Waals surface area contributed by atoms with Gasteiger partial charge in [-0.2, -0.15) is 11.8 Å². The van der Waals surface area contributed by atoms with Crippen molar-refractivity contribution in [3.8, 4) is 0 Å². The van der Waals surface area contributed by atoms with E-state index < -0.39 is 5.97 Å². The van der Waals surface area contributed by atoms with Gasteiger partial charge in [-0.3, -0.25) is 0 Å². The summed E-state index contributed by atoms with van der Waals surface area (Å²) in [5.74, 6) is 2.91. The van der Waals surface area contributed by atoms with Crippen molar-refractivity contribution in [3.63, 3.8) is 0 Å². The summed E-state index contributed by atoms with van der Waals surface area (Å²) in [4.78, 5) is 11.1. The molecule has 0 aromatic carbocycles. The van der Waals surface area contributed by atoms with E-state index in [0.29, 0.717) is 11.8 Å². The Hall–Kier alpha value is -1.04. The van der Waals surface area contributed by atoms with E-state index in [1.807, 2.05) is 11.8 Å². The average molecular weight is 242 g/mol. The van der Waals surface area contributed by atoms with Gasteiger partial charge in [0.15, 0.2) is 0 Å². The Kier molecular flexibility index (Phi) is 3.82. The molecule has 1 aromatic heterocycles. The summed E-state index contributed by atoms with van der Waals surface area (Å²) in [6.07, 6.45) is 3.13. The predicted molar refractivity (Wildman–Crippen MR) is 59.4 cm³/mol. The number of ether oxygens (including phenoxy) is 1. The van der Waals surface area contributed by atoms with Gasteiger partial charge in [0.2, 0.25) is 5.89 Å².